The van der Waals surface area contributed by atoms with E-state index in [0.717, 1.165) is 6.42 Å². The van der Waals surface area contributed by atoms with Crippen LogP contribution in [-0.2, 0) is 10.5 Å². The third-order valence-electron chi connectivity index (χ3n) is 2.46. The molecule has 0 spiro atoms. The molecule has 1 amide bonds. The number of amides is 1. The molecule has 0 saturated carbocycles. The van der Waals surface area contributed by atoms with Crippen LogP contribution >= 0.6 is 23.4 Å². The van der Waals surface area contributed by atoms with Crippen LogP contribution in [0.4, 0.5) is 4.39 Å². The Kier molecular flexibility index (Phi) is 6.50. The lowest BCUT2D eigenvalue weighted by Crippen LogP contribution is -2.31. The van der Waals surface area contributed by atoms with Gasteiger partial charge in [-0.2, -0.15) is 0 Å². The van der Waals surface area contributed by atoms with Crippen LogP contribution in [0.15, 0.2) is 18.2 Å². The number of hydrogen-bond acceptors (Lipinski definition) is 2. The van der Waals surface area contributed by atoms with Crippen LogP contribution in [0.1, 0.15) is 25.8 Å². The summed E-state index contributed by atoms with van der Waals surface area (Å²) in [6.45, 7) is 4.48. The fourth-order valence-corrected chi connectivity index (χ4v) is 2.60. The van der Waals surface area contributed by atoms with Gasteiger partial charge in [0.1, 0.15) is 5.82 Å². The Labute approximate surface area is 116 Å². The van der Waals surface area contributed by atoms with Crippen molar-refractivity contribution in [2.24, 2.45) is 0 Å². The highest BCUT2D eigenvalue weighted by Crippen LogP contribution is 2.26. The fourth-order valence-electron chi connectivity index (χ4n) is 1.35. The van der Waals surface area contributed by atoms with E-state index in [0.29, 0.717) is 22.9 Å². The smallest absolute Gasteiger partial charge is 0.232 e. The number of carbonyl (C=O) groups excluding carboxylic acids is 1. The van der Waals surface area contributed by atoms with Crippen molar-refractivity contribution in [1.29, 1.82) is 0 Å². The van der Waals surface area contributed by atoms with E-state index < -0.39 is 0 Å². The van der Waals surface area contributed by atoms with Crippen molar-refractivity contribution in [2.75, 3.05) is 6.54 Å². The van der Waals surface area contributed by atoms with Gasteiger partial charge in [-0.1, -0.05) is 24.6 Å². The van der Waals surface area contributed by atoms with Gasteiger partial charge >= 0.3 is 0 Å². The maximum atomic E-state index is 13.5. The Bertz CT molecular complexity index is 394. The quantitative estimate of drug-likeness (QED) is 0.866. The SMILES string of the molecule is CCCNC(=O)C(C)SCc1c(F)cccc1Cl. The number of nitrogens with one attached hydrogen (secondary N) is 1. The second kappa shape index (κ2) is 7.64. The van der Waals surface area contributed by atoms with Crippen LogP contribution in [-0.4, -0.2) is 17.7 Å². The summed E-state index contributed by atoms with van der Waals surface area (Å²) >= 11 is 7.30. The maximum Gasteiger partial charge on any atom is 0.232 e. The Balaban J connectivity index is 2.52. The minimum absolute atomic E-state index is 0.0192. The average molecular weight is 290 g/mol. The second-order valence-electron chi connectivity index (χ2n) is 3.94. The molecular weight excluding hydrogens is 273 g/mol. The summed E-state index contributed by atoms with van der Waals surface area (Å²) in [5.74, 6) is 0.0529. The normalized spacial score (nSPS) is 12.2. The first-order valence-electron chi connectivity index (χ1n) is 5.88. The third-order valence-corrected chi connectivity index (χ3v) is 3.98. The Morgan fingerprint density at radius 3 is 2.89 bits per heavy atom. The van der Waals surface area contributed by atoms with Crippen molar-refractivity contribution in [3.63, 3.8) is 0 Å². The molecule has 1 atom stereocenters. The van der Waals surface area contributed by atoms with E-state index >= 15 is 0 Å². The molecule has 0 aliphatic heterocycles. The molecule has 100 valence electrons. The predicted molar refractivity (Wildman–Crippen MR) is 75.5 cm³/mol. The first-order chi connectivity index (χ1) is 8.56. The molecule has 5 heteroatoms. The van der Waals surface area contributed by atoms with Gasteiger partial charge in [-0.25, -0.2) is 4.39 Å². The number of hydrogen-bond donors (Lipinski definition) is 1. The van der Waals surface area contributed by atoms with Crippen molar-refractivity contribution >= 4 is 29.3 Å². The van der Waals surface area contributed by atoms with Crippen LogP contribution in [0.5, 0.6) is 0 Å². The van der Waals surface area contributed by atoms with E-state index in [1.807, 2.05) is 13.8 Å². The Morgan fingerprint density at radius 2 is 2.28 bits per heavy atom. The van der Waals surface area contributed by atoms with E-state index in [9.17, 15) is 9.18 Å². The van der Waals surface area contributed by atoms with Crippen molar-refractivity contribution in [2.45, 2.75) is 31.3 Å². The highest BCUT2D eigenvalue weighted by atomic mass is 35.5. The second-order valence-corrected chi connectivity index (χ2v) is 5.68. The summed E-state index contributed by atoms with van der Waals surface area (Å²) in [5, 5.41) is 3.00. The summed E-state index contributed by atoms with van der Waals surface area (Å²) in [7, 11) is 0. The van der Waals surface area contributed by atoms with Crippen molar-refractivity contribution in [3.8, 4) is 0 Å². The van der Waals surface area contributed by atoms with Crippen LogP contribution in [0.2, 0.25) is 5.02 Å². The standard InChI is InChI=1S/C13H17ClFNOS/c1-3-7-16-13(17)9(2)18-8-10-11(14)5-4-6-12(10)15/h4-6,9H,3,7-8H2,1-2H3,(H,16,17). The van der Waals surface area contributed by atoms with Crippen molar-refractivity contribution < 1.29 is 9.18 Å². The predicted octanol–water partition coefficient (Wildman–Crippen LogP) is 3.63. The molecule has 1 unspecified atom stereocenters. The van der Waals surface area contributed by atoms with E-state index in [2.05, 4.69) is 5.32 Å². The van der Waals surface area contributed by atoms with Gasteiger partial charge in [-0.3, -0.25) is 4.79 Å². The maximum absolute atomic E-state index is 13.5. The summed E-state index contributed by atoms with van der Waals surface area (Å²) < 4.78 is 13.5. The summed E-state index contributed by atoms with van der Waals surface area (Å²) in [6, 6.07) is 4.61. The largest absolute Gasteiger partial charge is 0.355 e. The van der Waals surface area contributed by atoms with Gasteiger partial charge in [0.05, 0.1) is 5.25 Å². The van der Waals surface area contributed by atoms with Gasteiger partial charge < -0.3 is 5.32 Å². The molecule has 1 aromatic rings. The minimum Gasteiger partial charge on any atom is -0.355 e. The highest BCUT2D eigenvalue weighted by molar-refractivity contribution is 7.99. The van der Waals surface area contributed by atoms with Gasteiger partial charge in [0.2, 0.25) is 5.91 Å². The third kappa shape index (κ3) is 4.50. The number of carbonyl (C=O) groups is 1. The van der Waals surface area contributed by atoms with Crippen molar-refractivity contribution in [1.82, 2.24) is 5.32 Å². The summed E-state index contributed by atoms with van der Waals surface area (Å²) in [6.07, 6.45) is 0.905. The molecule has 0 heterocycles. The molecule has 0 bridgehead atoms. The Hall–Kier alpha value is -0.740. The molecule has 0 aliphatic rings. The molecule has 0 saturated heterocycles. The van der Waals surface area contributed by atoms with E-state index in [4.69, 9.17) is 11.6 Å². The number of rotatable bonds is 6. The summed E-state index contributed by atoms with van der Waals surface area (Å²) in [4.78, 5) is 11.6. The van der Waals surface area contributed by atoms with Crippen LogP contribution in [0.3, 0.4) is 0 Å². The van der Waals surface area contributed by atoms with Gasteiger partial charge in [-0.15, -0.1) is 11.8 Å². The molecule has 2 nitrogen and oxygen atoms in total. The number of halogens is 2. The lowest BCUT2D eigenvalue weighted by Gasteiger charge is -2.12. The van der Waals surface area contributed by atoms with E-state index in [1.165, 1.54) is 17.8 Å². The molecule has 0 fully saturated rings. The Morgan fingerprint density at radius 1 is 1.56 bits per heavy atom. The fraction of sp³-hybridized carbons (Fsp3) is 0.462. The molecule has 0 aliphatic carbocycles. The van der Waals surface area contributed by atoms with Gasteiger partial charge in [-0.05, 0) is 25.5 Å². The number of benzene rings is 1. The first kappa shape index (κ1) is 15.3. The molecule has 0 radical (unpaired) electrons. The van der Waals surface area contributed by atoms with Crippen LogP contribution < -0.4 is 5.32 Å². The first-order valence-corrected chi connectivity index (χ1v) is 7.31. The highest BCUT2D eigenvalue weighted by Gasteiger charge is 2.15. The topological polar surface area (TPSA) is 29.1 Å². The molecule has 18 heavy (non-hydrogen) atoms. The lowest BCUT2D eigenvalue weighted by molar-refractivity contribution is -0.120. The van der Waals surface area contributed by atoms with Crippen LogP contribution in [0, 0.1) is 5.82 Å². The lowest BCUT2D eigenvalue weighted by atomic mass is 10.2. The zero-order valence-corrected chi connectivity index (χ0v) is 12.1. The van der Waals surface area contributed by atoms with E-state index in [-0.39, 0.29) is 17.0 Å². The average Bonchev–Trinajstić information content (AvgIpc) is 2.35. The van der Waals surface area contributed by atoms with Gasteiger partial charge in [0.15, 0.2) is 0 Å². The van der Waals surface area contributed by atoms with Crippen LogP contribution in [0.25, 0.3) is 0 Å². The van der Waals surface area contributed by atoms with E-state index in [1.54, 1.807) is 12.1 Å². The zero-order valence-electron chi connectivity index (χ0n) is 10.5. The molecule has 1 rings (SSSR count). The van der Waals surface area contributed by atoms with Gasteiger partial charge in [0.25, 0.3) is 0 Å². The van der Waals surface area contributed by atoms with Gasteiger partial charge in [0, 0.05) is 22.9 Å². The molecular formula is C13H17ClFNOS. The van der Waals surface area contributed by atoms with Crippen molar-refractivity contribution in [3.05, 3.63) is 34.6 Å². The number of thioether (sulfide) groups is 1. The summed E-state index contributed by atoms with van der Waals surface area (Å²) in [5.41, 5.74) is 0.458. The minimum atomic E-state index is -0.323. The zero-order chi connectivity index (χ0) is 13.5. The molecule has 1 N–H and O–H groups in total. The molecule has 0 aromatic heterocycles. The monoisotopic (exact) mass is 289 g/mol. The molecule has 1 aromatic carbocycles.